The molecular weight excluding hydrogens is 206 g/mol. The monoisotopic (exact) mass is 211 g/mol. The van der Waals surface area contributed by atoms with Crippen LogP contribution in [0.2, 0.25) is 0 Å². The molecule has 0 spiro atoms. The second-order valence-corrected chi connectivity index (χ2v) is 5.14. The topological polar surface area (TPSA) is 12.9 Å². The van der Waals surface area contributed by atoms with E-state index in [9.17, 15) is 0 Å². The van der Waals surface area contributed by atoms with Gasteiger partial charge in [0.25, 0.3) is 0 Å². The van der Waals surface area contributed by atoms with Crippen LogP contribution in [0.1, 0.15) is 0 Å². The third-order valence-electron chi connectivity index (χ3n) is 1.43. The van der Waals surface area contributed by atoms with Crippen molar-refractivity contribution in [2.75, 3.05) is 0 Å². The van der Waals surface area contributed by atoms with E-state index in [0.717, 1.165) is 3.82 Å². The Bertz CT molecular complexity index is 415. The molecule has 0 saturated heterocycles. The Morgan fingerprint density at radius 3 is 2.50 bits per heavy atom. The van der Waals surface area contributed by atoms with Gasteiger partial charge < -0.3 is 0 Å². The molecule has 60 valence electrons. The normalized spacial score (nSPS) is 10.0. The summed E-state index contributed by atoms with van der Waals surface area (Å²) in [5.74, 6) is 0. The summed E-state index contributed by atoms with van der Waals surface area (Å²) in [6.45, 7) is 0. The Morgan fingerprint density at radius 1 is 1.17 bits per heavy atom. The predicted octanol–water partition coefficient (Wildman–Crippen LogP) is 3.60. The van der Waals surface area contributed by atoms with E-state index in [4.69, 9.17) is 12.2 Å². The zero-order valence-electron chi connectivity index (χ0n) is 6.06. The number of aromatic nitrogens is 1. The molecule has 2 aromatic rings. The summed E-state index contributed by atoms with van der Waals surface area (Å²) in [4.78, 5) is 5.19. The summed E-state index contributed by atoms with van der Waals surface area (Å²) in [5, 5.41) is 0. The van der Waals surface area contributed by atoms with Crippen molar-refractivity contribution in [2.45, 2.75) is 0 Å². The van der Waals surface area contributed by atoms with Crippen LogP contribution >= 0.6 is 32.9 Å². The van der Waals surface area contributed by atoms with Gasteiger partial charge in [-0.1, -0.05) is 32.9 Å². The van der Waals surface area contributed by atoms with Gasteiger partial charge >= 0.3 is 0 Å². The van der Waals surface area contributed by atoms with Crippen LogP contribution in [0.3, 0.4) is 0 Å². The molecule has 0 atom stereocenters. The number of nitrogens with zero attached hydrogens (tertiary/aromatic N) is 1. The summed E-state index contributed by atoms with van der Waals surface area (Å²) < 4.78 is 0.951. The van der Waals surface area contributed by atoms with Crippen LogP contribution in [0, 0.1) is 3.82 Å². The molecule has 2 heterocycles. The van der Waals surface area contributed by atoms with Crippen LogP contribution in [0.25, 0.3) is 10.4 Å². The Morgan fingerprint density at radius 2 is 1.92 bits per heavy atom. The van der Waals surface area contributed by atoms with Crippen LogP contribution < -0.4 is 0 Å². The highest BCUT2D eigenvalue weighted by atomic mass is 32.9. The second-order valence-electron chi connectivity index (χ2n) is 2.23. The molecule has 0 N–H and O–H groups in total. The zero-order chi connectivity index (χ0) is 8.39. The van der Waals surface area contributed by atoms with Crippen LogP contribution in [-0.4, -0.2) is 4.98 Å². The fourth-order valence-corrected chi connectivity index (χ4v) is 3.29. The van der Waals surface area contributed by atoms with Crippen molar-refractivity contribution in [1.29, 1.82) is 0 Å². The lowest BCUT2D eigenvalue weighted by atomic mass is 10.2. The number of pyridine rings is 1. The Kier molecular flexibility index (Phi) is 2.30. The summed E-state index contributed by atoms with van der Waals surface area (Å²) in [6.07, 6.45) is 3.59. The van der Waals surface area contributed by atoms with Gasteiger partial charge in [0.1, 0.15) is 3.82 Å². The fraction of sp³-hybridized carbons (Fsp3) is 0. The average molecular weight is 211 g/mol. The first-order valence-corrected chi connectivity index (χ1v) is 5.92. The van der Waals surface area contributed by atoms with Crippen molar-refractivity contribution < 1.29 is 0 Å². The highest BCUT2D eigenvalue weighted by molar-refractivity contribution is 7.80. The number of rotatable bonds is 1. The molecule has 0 aromatic carbocycles. The molecule has 0 bridgehead atoms. The molecule has 4 heteroatoms. The molecule has 1 nitrogen and oxygen atoms in total. The maximum atomic E-state index is 5.05. The summed E-state index contributed by atoms with van der Waals surface area (Å²) in [6, 6.07) is 6.01. The molecular formula is C8H5NS3. The first-order chi connectivity index (χ1) is 5.86. The lowest BCUT2D eigenvalue weighted by Gasteiger charge is -1.91. The Labute approximate surface area is 82.7 Å². The minimum Gasteiger partial charge on any atom is -0.265 e. The van der Waals surface area contributed by atoms with Gasteiger partial charge in [0.05, 0.1) is 0 Å². The van der Waals surface area contributed by atoms with Gasteiger partial charge in [-0.15, -0.1) is 0 Å². The first kappa shape index (κ1) is 8.04. The molecule has 12 heavy (non-hydrogen) atoms. The SMILES string of the molecule is S=c1cc(-c2ccncc2)ss1. The number of hydrogen-bond donors (Lipinski definition) is 0. The molecule has 2 aromatic heterocycles. The minimum absolute atomic E-state index is 0.951. The van der Waals surface area contributed by atoms with Gasteiger partial charge in [-0.05, 0) is 23.8 Å². The first-order valence-electron chi connectivity index (χ1n) is 3.37. The van der Waals surface area contributed by atoms with E-state index in [1.165, 1.54) is 10.4 Å². The van der Waals surface area contributed by atoms with Gasteiger partial charge in [-0.3, -0.25) is 4.98 Å². The molecule has 0 saturated carbocycles. The summed E-state index contributed by atoms with van der Waals surface area (Å²) >= 11 is 5.05. The molecule has 0 unspecified atom stereocenters. The third-order valence-corrected chi connectivity index (χ3v) is 4.34. The summed E-state index contributed by atoms with van der Waals surface area (Å²) in [5.41, 5.74) is 1.20. The maximum Gasteiger partial charge on any atom is 0.102 e. The lowest BCUT2D eigenvalue weighted by Crippen LogP contribution is -1.71. The standard InChI is InChI=1S/C8H5NS3/c10-8-5-7(11-12-8)6-1-3-9-4-2-6/h1-5H. The van der Waals surface area contributed by atoms with E-state index in [0.29, 0.717) is 0 Å². The Balaban J connectivity index is 2.51. The molecule has 0 radical (unpaired) electrons. The highest BCUT2D eigenvalue weighted by Gasteiger charge is 1.97. The van der Waals surface area contributed by atoms with E-state index in [-0.39, 0.29) is 0 Å². The van der Waals surface area contributed by atoms with Gasteiger partial charge in [-0.2, -0.15) is 0 Å². The van der Waals surface area contributed by atoms with E-state index >= 15 is 0 Å². The second kappa shape index (κ2) is 3.43. The number of hydrogen-bond acceptors (Lipinski definition) is 4. The van der Waals surface area contributed by atoms with E-state index < -0.39 is 0 Å². The van der Waals surface area contributed by atoms with E-state index in [2.05, 4.69) is 4.98 Å². The van der Waals surface area contributed by atoms with Crippen molar-refractivity contribution in [3.8, 4) is 10.4 Å². The maximum absolute atomic E-state index is 5.05. The van der Waals surface area contributed by atoms with Crippen molar-refractivity contribution in [3.63, 3.8) is 0 Å². The van der Waals surface area contributed by atoms with E-state index in [1.807, 2.05) is 18.2 Å². The van der Waals surface area contributed by atoms with Crippen molar-refractivity contribution in [3.05, 3.63) is 34.4 Å². The average Bonchev–Trinajstić information content (AvgIpc) is 2.54. The lowest BCUT2D eigenvalue weighted by molar-refractivity contribution is 1.33. The molecule has 0 fully saturated rings. The van der Waals surface area contributed by atoms with Crippen LogP contribution in [0.4, 0.5) is 0 Å². The Hall–Kier alpha value is -0.580. The molecule has 2 rings (SSSR count). The largest absolute Gasteiger partial charge is 0.265 e. The molecule has 0 amide bonds. The van der Waals surface area contributed by atoms with Crippen LogP contribution in [0.5, 0.6) is 0 Å². The van der Waals surface area contributed by atoms with Gasteiger partial charge in [0.2, 0.25) is 0 Å². The zero-order valence-corrected chi connectivity index (χ0v) is 8.51. The minimum atomic E-state index is 0.951. The van der Waals surface area contributed by atoms with E-state index in [1.54, 1.807) is 33.1 Å². The van der Waals surface area contributed by atoms with Crippen LogP contribution in [0.15, 0.2) is 30.6 Å². The van der Waals surface area contributed by atoms with Crippen molar-refractivity contribution in [1.82, 2.24) is 4.98 Å². The molecule has 0 aliphatic carbocycles. The van der Waals surface area contributed by atoms with Gasteiger partial charge in [0, 0.05) is 17.3 Å². The van der Waals surface area contributed by atoms with Crippen molar-refractivity contribution >= 4 is 32.9 Å². The molecule has 0 aliphatic heterocycles. The quantitative estimate of drug-likeness (QED) is 0.528. The predicted molar refractivity (Wildman–Crippen MR) is 56.3 cm³/mol. The van der Waals surface area contributed by atoms with Gasteiger partial charge in [0.15, 0.2) is 0 Å². The smallest absolute Gasteiger partial charge is 0.102 e. The highest BCUT2D eigenvalue weighted by Crippen LogP contribution is 2.28. The third kappa shape index (κ3) is 1.60. The summed E-state index contributed by atoms with van der Waals surface area (Å²) in [7, 11) is 3.35. The van der Waals surface area contributed by atoms with Crippen molar-refractivity contribution in [2.24, 2.45) is 0 Å². The molecule has 0 aliphatic rings. The fourth-order valence-electron chi connectivity index (χ4n) is 0.889. The van der Waals surface area contributed by atoms with Gasteiger partial charge in [-0.25, -0.2) is 0 Å². The van der Waals surface area contributed by atoms with Crippen LogP contribution in [-0.2, 0) is 0 Å².